The molecule has 7 nitrogen and oxygen atoms in total. The normalized spacial score (nSPS) is 18.8. The molecule has 1 aliphatic heterocycles. The third-order valence-electron chi connectivity index (χ3n) is 4.66. The Kier molecular flexibility index (Phi) is 5.04. The van der Waals surface area contributed by atoms with Crippen molar-refractivity contribution in [2.75, 3.05) is 18.1 Å². The summed E-state index contributed by atoms with van der Waals surface area (Å²) in [5.41, 5.74) is 3.95. The molecule has 0 radical (unpaired) electrons. The maximum atomic E-state index is 12.2. The van der Waals surface area contributed by atoms with E-state index in [2.05, 4.69) is 15.6 Å². The van der Waals surface area contributed by atoms with Crippen LogP contribution in [0.5, 0.6) is 0 Å². The van der Waals surface area contributed by atoms with E-state index in [4.69, 9.17) is 0 Å². The molecule has 0 saturated carbocycles. The van der Waals surface area contributed by atoms with Crippen molar-refractivity contribution in [1.82, 2.24) is 15.6 Å². The first-order valence-corrected chi connectivity index (χ1v) is 10.4. The van der Waals surface area contributed by atoms with Gasteiger partial charge in [-0.1, -0.05) is 11.6 Å². The van der Waals surface area contributed by atoms with Crippen LogP contribution in [-0.4, -0.2) is 49.3 Å². The summed E-state index contributed by atoms with van der Waals surface area (Å²) in [5, 5.41) is 6.28. The van der Waals surface area contributed by atoms with Crippen molar-refractivity contribution in [2.24, 2.45) is 0 Å². The minimum absolute atomic E-state index is 0.0272. The number of hydrogen-bond acceptors (Lipinski definition) is 4. The lowest BCUT2D eigenvalue weighted by Gasteiger charge is -2.11. The van der Waals surface area contributed by atoms with Crippen LogP contribution in [0.1, 0.15) is 23.2 Å². The van der Waals surface area contributed by atoms with Gasteiger partial charge in [0.15, 0.2) is 9.84 Å². The van der Waals surface area contributed by atoms with Crippen LogP contribution in [0, 0.1) is 13.8 Å². The molecule has 0 unspecified atom stereocenters. The van der Waals surface area contributed by atoms with E-state index < -0.39 is 9.84 Å². The zero-order chi connectivity index (χ0) is 18.9. The Morgan fingerprint density at radius 1 is 1.23 bits per heavy atom. The second-order valence-corrected chi connectivity index (χ2v) is 9.13. The SMILES string of the molecule is Cc1ccc2[nH]c(C)c(CC(=O)NCC(=O)N[C@H]3CCS(=O)(=O)C3)c2c1. The lowest BCUT2D eigenvalue weighted by Crippen LogP contribution is -2.42. The van der Waals surface area contributed by atoms with Crippen molar-refractivity contribution in [1.29, 1.82) is 0 Å². The molecule has 3 rings (SSSR count). The third kappa shape index (κ3) is 4.24. The van der Waals surface area contributed by atoms with E-state index in [0.29, 0.717) is 6.42 Å². The Morgan fingerprint density at radius 2 is 2.00 bits per heavy atom. The van der Waals surface area contributed by atoms with Gasteiger partial charge in [-0.05, 0) is 38.0 Å². The maximum absolute atomic E-state index is 12.2. The van der Waals surface area contributed by atoms with E-state index in [1.807, 2.05) is 32.0 Å². The number of sulfone groups is 1. The van der Waals surface area contributed by atoms with Gasteiger partial charge in [0.1, 0.15) is 0 Å². The summed E-state index contributed by atoms with van der Waals surface area (Å²) in [7, 11) is -3.04. The van der Waals surface area contributed by atoms with E-state index in [9.17, 15) is 18.0 Å². The van der Waals surface area contributed by atoms with E-state index in [-0.39, 0.29) is 42.3 Å². The number of nitrogens with one attached hydrogen (secondary N) is 3. The molecule has 2 heterocycles. The van der Waals surface area contributed by atoms with Crippen molar-refractivity contribution >= 4 is 32.6 Å². The molecule has 1 fully saturated rings. The molecule has 1 saturated heterocycles. The molecule has 2 amide bonds. The standard InChI is InChI=1S/C18H23N3O4S/c1-11-3-4-16-15(7-11)14(12(2)20-16)8-17(22)19-9-18(23)21-13-5-6-26(24,25)10-13/h3-4,7,13,20H,5-6,8-10H2,1-2H3,(H,19,22)(H,21,23)/t13-/m0/s1. The lowest BCUT2D eigenvalue weighted by atomic mass is 10.1. The number of aromatic nitrogens is 1. The van der Waals surface area contributed by atoms with Crippen LogP contribution >= 0.6 is 0 Å². The Hall–Kier alpha value is -2.35. The average molecular weight is 377 g/mol. The number of fused-ring (bicyclic) bond motifs is 1. The molecular weight excluding hydrogens is 354 g/mol. The quantitative estimate of drug-likeness (QED) is 0.714. The van der Waals surface area contributed by atoms with E-state index in [1.165, 1.54) is 0 Å². The highest BCUT2D eigenvalue weighted by molar-refractivity contribution is 7.91. The van der Waals surface area contributed by atoms with Gasteiger partial charge in [0, 0.05) is 22.6 Å². The lowest BCUT2D eigenvalue weighted by molar-refractivity contribution is -0.126. The fraction of sp³-hybridized carbons (Fsp3) is 0.444. The minimum Gasteiger partial charge on any atom is -0.358 e. The topological polar surface area (TPSA) is 108 Å². The molecule has 0 spiro atoms. The van der Waals surface area contributed by atoms with Crippen LogP contribution in [-0.2, 0) is 25.8 Å². The first-order valence-electron chi connectivity index (χ1n) is 8.58. The summed E-state index contributed by atoms with van der Waals surface area (Å²) in [5.74, 6) is -0.541. The van der Waals surface area contributed by atoms with E-state index >= 15 is 0 Å². The van der Waals surface area contributed by atoms with Gasteiger partial charge in [0.25, 0.3) is 0 Å². The van der Waals surface area contributed by atoms with Gasteiger partial charge in [0.05, 0.1) is 24.5 Å². The summed E-state index contributed by atoms with van der Waals surface area (Å²) < 4.78 is 22.8. The van der Waals surface area contributed by atoms with Crippen molar-refractivity contribution in [2.45, 2.75) is 32.7 Å². The molecule has 1 aromatic carbocycles. The number of amides is 2. The minimum atomic E-state index is -3.04. The fourth-order valence-corrected chi connectivity index (χ4v) is 4.99. The van der Waals surface area contributed by atoms with Crippen molar-refractivity contribution < 1.29 is 18.0 Å². The first-order chi connectivity index (χ1) is 12.2. The molecular formula is C18H23N3O4S. The number of aromatic amines is 1. The molecule has 1 aliphatic rings. The Labute approximate surface area is 152 Å². The zero-order valence-corrected chi connectivity index (χ0v) is 15.7. The monoisotopic (exact) mass is 377 g/mol. The molecule has 8 heteroatoms. The Balaban J connectivity index is 1.55. The summed E-state index contributed by atoms with van der Waals surface area (Å²) >= 11 is 0. The molecule has 2 aromatic rings. The van der Waals surface area contributed by atoms with E-state index in [0.717, 1.165) is 27.7 Å². The number of hydrogen-bond donors (Lipinski definition) is 3. The zero-order valence-electron chi connectivity index (χ0n) is 14.9. The largest absolute Gasteiger partial charge is 0.358 e. The van der Waals surface area contributed by atoms with Crippen LogP contribution in [0.15, 0.2) is 18.2 Å². The highest BCUT2D eigenvalue weighted by atomic mass is 32.2. The fourth-order valence-electron chi connectivity index (χ4n) is 3.31. The maximum Gasteiger partial charge on any atom is 0.239 e. The number of carbonyl (C=O) groups is 2. The number of H-pyrrole nitrogens is 1. The smallest absolute Gasteiger partial charge is 0.239 e. The number of benzene rings is 1. The molecule has 1 atom stereocenters. The van der Waals surface area contributed by atoms with Crippen LogP contribution in [0.4, 0.5) is 0 Å². The van der Waals surface area contributed by atoms with Gasteiger partial charge in [-0.15, -0.1) is 0 Å². The molecule has 1 aromatic heterocycles. The summed E-state index contributed by atoms with van der Waals surface area (Å²) in [4.78, 5) is 27.4. The summed E-state index contributed by atoms with van der Waals surface area (Å²) in [6.07, 6.45) is 0.607. The van der Waals surface area contributed by atoms with Crippen molar-refractivity contribution in [3.05, 3.63) is 35.0 Å². The Bertz CT molecular complexity index is 962. The second kappa shape index (κ2) is 7.11. The predicted octanol–water partition coefficient (Wildman–Crippen LogP) is 0.747. The number of aryl methyl sites for hydroxylation is 2. The number of carbonyl (C=O) groups excluding carboxylic acids is 2. The molecule has 26 heavy (non-hydrogen) atoms. The molecule has 0 bridgehead atoms. The van der Waals surface area contributed by atoms with Crippen LogP contribution < -0.4 is 10.6 Å². The summed E-state index contributed by atoms with van der Waals surface area (Å²) in [6, 6.07) is 5.68. The van der Waals surface area contributed by atoms with Gasteiger partial charge in [0.2, 0.25) is 11.8 Å². The highest BCUT2D eigenvalue weighted by Gasteiger charge is 2.28. The second-order valence-electron chi connectivity index (χ2n) is 6.90. The van der Waals surface area contributed by atoms with Gasteiger partial charge in [-0.25, -0.2) is 8.42 Å². The van der Waals surface area contributed by atoms with Crippen LogP contribution in [0.3, 0.4) is 0 Å². The van der Waals surface area contributed by atoms with Gasteiger partial charge in [-0.2, -0.15) is 0 Å². The third-order valence-corrected chi connectivity index (χ3v) is 6.42. The van der Waals surface area contributed by atoms with Crippen molar-refractivity contribution in [3.63, 3.8) is 0 Å². The first kappa shape index (κ1) is 18.4. The highest BCUT2D eigenvalue weighted by Crippen LogP contribution is 2.23. The van der Waals surface area contributed by atoms with Crippen LogP contribution in [0.2, 0.25) is 0 Å². The predicted molar refractivity (Wildman–Crippen MR) is 99.7 cm³/mol. The van der Waals surface area contributed by atoms with Gasteiger partial charge >= 0.3 is 0 Å². The molecule has 0 aliphatic carbocycles. The van der Waals surface area contributed by atoms with E-state index in [1.54, 1.807) is 0 Å². The Morgan fingerprint density at radius 3 is 2.69 bits per heavy atom. The molecule has 3 N–H and O–H groups in total. The molecule has 140 valence electrons. The van der Waals surface area contributed by atoms with Crippen molar-refractivity contribution in [3.8, 4) is 0 Å². The summed E-state index contributed by atoms with van der Waals surface area (Å²) in [6.45, 7) is 3.76. The number of rotatable bonds is 5. The average Bonchev–Trinajstić information content (AvgIpc) is 3.05. The van der Waals surface area contributed by atoms with Gasteiger partial charge in [-0.3, -0.25) is 9.59 Å². The van der Waals surface area contributed by atoms with Crippen LogP contribution in [0.25, 0.3) is 10.9 Å². The van der Waals surface area contributed by atoms with Gasteiger partial charge < -0.3 is 15.6 Å².